The summed E-state index contributed by atoms with van der Waals surface area (Å²) in [6.07, 6.45) is 4.37. The van der Waals surface area contributed by atoms with Gasteiger partial charge in [-0.15, -0.1) is 0 Å². The first-order chi connectivity index (χ1) is 18.3. The number of ether oxygens (including phenoxy) is 3. The van der Waals surface area contributed by atoms with Crippen molar-refractivity contribution in [2.24, 2.45) is 29.4 Å². The molecule has 0 amide bonds. The van der Waals surface area contributed by atoms with Gasteiger partial charge in [0.25, 0.3) is 0 Å². The maximum Gasteiger partial charge on any atom is 0.321 e. The van der Waals surface area contributed by atoms with Gasteiger partial charge in [-0.05, 0) is 49.3 Å². The molecule has 0 aromatic heterocycles. The lowest BCUT2D eigenvalue weighted by atomic mass is 9.79. The predicted molar refractivity (Wildman–Crippen MR) is 146 cm³/mol. The van der Waals surface area contributed by atoms with Crippen LogP contribution in [0.15, 0.2) is 18.2 Å². The number of nitrogens with two attached hydrogens (primary N) is 1. The Hall–Kier alpha value is -2.94. The summed E-state index contributed by atoms with van der Waals surface area (Å²) in [5.74, 6) is -3.72. The number of carboxylic acids is 1. The normalized spacial score (nSPS) is 17.3. The first-order valence-electron chi connectivity index (χ1n) is 14.0. The molecule has 4 atom stereocenters. The smallest absolute Gasteiger partial charge is 0.321 e. The third-order valence-electron chi connectivity index (χ3n) is 7.17. The molecule has 1 saturated carbocycles. The summed E-state index contributed by atoms with van der Waals surface area (Å²) in [7, 11) is 0. The van der Waals surface area contributed by atoms with Gasteiger partial charge in [-0.25, -0.2) is 0 Å². The van der Waals surface area contributed by atoms with E-state index in [9.17, 15) is 24.3 Å². The minimum absolute atomic E-state index is 0.0110. The molecule has 0 spiro atoms. The van der Waals surface area contributed by atoms with Crippen LogP contribution in [-0.2, 0) is 23.9 Å². The SMILES string of the molecule is CC(C)CC(=O)Oc1ccc(C(C(C)C(C)OC(=O)C2CCCCC2)[C@H](N)C(=O)O)cc1OC(=O)CC(C)C. The summed E-state index contributed by atoms with van der Waals surface area (Å²) in [6.45, 7) is 11.0. The van der Waals surface area contributed by atoms with Crippen molar-refractivity contribution in [3.05, 3.63) is 23.8 Å². The van der Waals surface area contributed by atoms with Crippen molar-refractivity contribution in [3.8, 4) is 11.5 Å². The van der Waals surface area contributed by atoms with Crippen LogP contribution in [0.2, 0.25) is 0 Å². The largest absolute Gasteiger partial charge is 0.480 e. The number of hydrogen-bond donors (Lipinski definition) is 2. The molecule has 3 unspecified atom stereocenters. The van der Waals surface area contributed by atoms with Crippen molar-refractivity contribution in [1.82, 2.24) is 0 Å². The van der Waals surface area contributed by atoms with Crippen LogP contribution >= 0.6 is 0 Å². The second-order valence-corrected chi connectivity index (χ2v) is 11.6. The molecule has 1 aliphatic carbocycles. The highest BCUT2D eigenvalue weighted by Crippen LogP contribution is 2.38. The number of esters is 3. The van der Waals surface area contributed by atoms with Crippen LogP contribution < -0.4 is 15.2 Å². The molecular weight excluding hydrogens is 502 g/mol. The van der Waals surface area contributed by atoms with Crippen LogP contribution in [0, 0.1) is 23.7 Å². The second-order valence-electron chi connectivity index (χ2n) is 11.6. The molecule has 9 nitrogen and oxygen atoms in total. The van der Waals surface area contributed by atoms with Crippen LogP contribution in [0.3, 0.4) is 0 Å². The molecule has 2 rings (SSSR count). The highest BCUT2D eigenvalue weighted by molar-refractivity contribution is 5.77. The molecule has 0 bridgehead atoms. The second kappa shape index (κ2) is 15.0. The maximum absolute atomic E-state index is 12.8. The van der Waals surface area contributed by atoms with E-state index < -0.39 is 41.9 Å². The fraction of sp³-hybridized carbons (Fsp3) is 0.667. The first-order valence-corrected chi connectivity index (χ1v) is 14.0. The molecule has 1 fully saturated rings. The Morgan fingerprint density at radius 2 is 1.41 bits per heavy atom. The fourth-order valence-electron chi connectivity index (χ4n) is 4.90. The van der Waals surface area contributed by atoms with Gasteiger partial charge in [0.05, 0.1) is 5.92 Å². The maximum atomic E-state index is 12.8. The zero-order valence-electron chi connectivity index (χ0n) is 24.1. The summed E-state index contributed by atoms with van der Waals surface area (Å²) >= 11 is 0. The standard InChI is InChI=1S/C30H45NO8/c1-17(2)14-25(32)38-23-13-12-22(16-24(23)39-26(33)15-18(3)4)27(28(31)29(34)35)19(5)20(6)37-30(36)21-10-8-7-9-11-21/h12-13,16-21,27-28H,7-11,14-15,31H2,1-6H3,(H,34,35)/t19?,20?,27?,28-/m0/s1. The average molecular weight is 548 g/mol. The van der Waals surface area contributed by atoms with Crippen LogP contribution in [0.1, 0.15) is 98.0 Å². The number of aliphatic carboxylic acids is 1. The number of rotatable bonds is 13. The van der Waals surface area contributed by atoms with Crippen molar-refractivity contribution >= 4 is 23.9 Å². The molecule has 1 aromatic rings. The van der Waals surface area contributed by atoms with E-state index in [0.29, 0.717) is 5.56 Å². The molecule has 9 heteroatoms. The van der Waals surface area contributed by atoms with Crippen molar-refractivity contribution in [2.75, 3.05) is 0 Å². The fourth-order valence-corrected chi connectivity index (χ4v) is 4.90. The van der Waals surface area contributed by atoms with Gasteiger partial charge < -0.3 is 25.1 Å². The van der Waals surface area contributed by atoms with Gasteiger partial charge in [0.1, 0.15) is 12.1 Å². The lowest BCUT2D eigenvalue weighted by Gasteiger charge is -2.33. The van der Waals surface area contributed by atoms with E-state index in [1.54, 1.807) is 19.9 Å². The van der Waals surface area contributed by atoms with Crippen molar-refractivity contribution in [1.29, 1.82) is 0 Å². The average Bonchev–Trinajstić information content (AvgIpc) is 2.84. The molecule has 0 aliphatic heterocycles. The number of hydrogen-bond acceptors (Lipinski definition) is 8. The van der Waals surface area contributed by atoms with Crippen LogP contribution in [-0.4, -0.2) is 41.1 Å². The summed E-state index contributed by atoms with van der Waals surface area (Å²) < 4.78 is 16.9. The third-order valence-corrected chi connectivity index (χ3v) is 7.17. The molecule has 218 valence electrons. The van der Waals surface area contributed by atoms with Crippen molar-refractivity contribution in [3.63, 3.8) is 0 Å². The monoisotopic (exact) mass is 547 g/mol. The zero-order chi connectivity index (χ0) is 29.3. The predicted octanol–water partition coefficient (Wildman–Crippen LogP) is 5.23. The molecule has 39 heavy (non-hydrogen) atoms. The Morgan fingerprint density at radius 3 is 1.92 bits per heavy atom. The first kappa shape index (κ1) is 32.3. The summed E-state index contributed by atoms with van der Waals surface area (Å²) in [5, 5.41) is 9.81. The lowest BCUT2D eigenvalue weighted by molar-refractivity contribution is -0.157. The van der Waals surface area contributed by atoms with Gasteiger partial charge in [-0.1, -0.05) is 59.9 Å². The van der Waals surface area contributed by atoms with Crippen LogP contribution in [0.4, 0.5) is 0 Å². The van der Waals surface area contributed by atoms with Gasteiger partial charge in [-0.3, -0.25) is 19.2 Å². The Bertz CT molecular complexity index is 999. The van der Waals surface area contributed by atoms with Gasteiger partial charge in [-0.2, -0.15) is 0 Å². The van der Waals surface area contributed by atoms with Gasteiger partial charge >= 0.3 is 23.9 Å². The molecule has 1 aliphatic rings. The minimum atomic E-state index is -1.33. The Labute approximate surface area is 231 Å². The van der Waals surface area contributed by atoms with E-state index in [1.807, 2.05) is 27.7 Å². The topological polar surface area (TPSA) is 142 Å². The molecule has 3 N–H and O–H groups in total. The number of carbonyl (C=O) groups excluding carboxylic acids is 3. The Morgan fingerprint density at radius 1 is 0.872 bits per heavy atom. The van der Waals surface area contributed by atoms with Gasteiger partial charge in [0.15, 0.2) is 11.5 Å². The minimum Gasteiger partial charge on any atom is -0.480 e. The molecular formula is C30H45NO8. The van der Waals surface area contributed by atoms with E-state index >= 15 is 0 Å². The molecule has 1 aromatic carbocycles. The van der Waals surface area contributed by atoms with E-state index in [-0.39, 0.29) is 48.1 Å². The summed E-state index contributed by atoms with van der Waals surface area (Å²) in [4.78, 5) is 49.7. The Balaban J connectivity index is 2.39. The Kier molecular flexibility index (Phi) is 12.4. The van der Waals surface area contributed by atoms with E-state index in [2.05, 4.69) is 0 Å². The van der Waals surface area contributed by atoms with Crippen LogP contribution in [0.25, 0.3) is 0 Å². The van der Waals surface area contributed by atoms with Crippen LogP contribution in [0.5, 0.6) is 11.5 Å². The number of carbonyl (C=O) groups is 4. The highest BCUT2D eigenvalue weighted by atomic mass is 16.6. The third kappa shape index (κ3) is 9.95. The quantitative estimate of drug-likeness (QED) is 0.250. The molecule has 0 saturated heterocycles. The van der Waals surface area contributed by atoms with Gasteiger partial charge in [0.2, 0.25) is 0 Å². The summed E-state index contributed by atoms with van der Waals surface area (Å²) in [6, 6.07) is 3.26. The van der Waals surface area contributed by atoms with Crippen molar-refractivity contribution in [2.45, 2.75) is 105 Å². The zero-order valence-corrected chi connectivity index (χ0v) is 24.1. The van der Waals surface area contributed by atoms with Crippen molar-refractivity contribution < 1.29 is 38.5 Å². The lowest BCUT2D eigenvalue weighted by Crippen LogP contribution is -2.43. The molecule has 0 radical (unpaired) electrons. The molecule has 0 heterocycles. The summed E-state index contributed by atoms with van der Waals surface area (Å²) in [5.41, 5.74) is 6.63. The van der Waals surface area contributed by atoms with Gasteiger partial charge in [0, 0.05) is 24.7 Å². The van der Waals surface area contributed by atoms with E-state index in [1.165, 1.54) is 12.1 Å². The number of benzene rings is 1. The van der Waals surface area contributed by atoms with E-state index in [0.717, 1.165) is 32.1 Å². The highest BCUT2D eigenvalue weighted by Gasteiger charge is 2.36. The van der Waals surface area contributed by atoms with E-state index in [4.69, 9.17) is 19.9 Å². The number of carboxylic acid groups (broad SMARTS) is 1.